The lowest BCUT2D eigenvalue weighted by atomic mass is 10.0. The fourth-order valence-electron chi connectivity index (χ4n) is 2.28. The molecule has 2 heterocycles. The molecule has 0 atom stereocenters. The molecule has 0 spiro atoms. The standard InChI is InChI=1S/C17H13N3S3/c1-21-16-12(10-18)14(11-6-4-3-5-7-11)15(23-16)13-8-9-19-17(20-13)22-2/h3-9H,1-2H3. The quantitative estimate of drug-likeness (QED) is 0.476. The molecule has 0 unspecified atom stereocenters. The predicted molar refractivity (Wildman–Crippen MR) is 99.1 cm³/mol. The fraction of sp³-hybridized carbons (Fsp3) is 0.118. The van der Waals surface area contributed by atoms with Crippen LogP contribution in [0.25, 0.3) is 21.7 Å². The van der Waals surface area contributed by atoms with E-state index in [2.05, 4.69) is 16.0 Å². The van der Waals surface area contributed by atoms with Crippen LogP contribution in [0.5, 0.6) is 0 Å². The lowest BCUT2D eigenvalue weighted by Gasteiger charge is -2.05. The van der Waals surface area contributed by atoms with Crippen LogP contribution in [0.3, 0.4) is 0 Å². The molecule has 3 aromatic rings. The van der Waals surface area contributed by atoms with E-state index in [1.807, 2.05) is 48.9 Å². The smallest absolute Gasteiger partial charge is 0.187 e. The molecule has 0 fully saturated rings. The average Bonchev–Trinajstić information content (AvgIpc) is 3.01. The normalized spacial score (nSPS) is 10.5. The SMILES string of the molecule is CSc1nccc(-c2sc(SC)c(C#N)c2-c2ccccc2)n1. The Kier molecular flexibility index (Phi) is 5.01. The summed E-state index contributed by atoms with van der Waals surface area (Å²) in [5.41, 5.74) is 3.60. The Balaban J connectivity index is 2.28. The number of thiophene rings is 1. The second-order valence-corrected chi connectivity index (χ2v) is 7.45. The molecular weight excluding hydrogens is 342 g/mol. The van der Waals surface area contributed by atoms with Gasteiger partial charge in [-0.15, -0.1) is 23.1 Å². The number of benzene rings is 1. The predicted octanol–water partition coefficient (Wildman–Crippen LogP) is 5.19. The number of thioether (sulfide) groups is 2. The average molecular weight is 356 g/mol. The van der Waals surface area contributed by atoms with Gasteiger partial charge in [-0.3, -0.25) is 0 Å². The highest BCUT2D eigenvalue weighted by Crippen LogP contribution is 2.45. The Bertz CT molecular complexity index is 867. The minimum atomic E-state index is 0.730. The van der Waals surface area contributed by atoms with E-state index in [4.69, 9.17) is 0 Å². The Labute approximate surface area is 147 Å². The number of hydrogen-bond acceptors (Lipinski definition) is 6. The number of nitrogens with zero attached hydrogens (tertiary/aromatic N) is 3. The molecule has 0 amide bonds. The van der Waals surface area contributed by atoms with Crippen molar-refractivity contribution in [2.24, 2.45) is 0 Å². The molecule has 0 aliphatic carbocycles. The van der Waals surface area contributed by atoms with Crippen molar-refractivity contribution in [1.29, 1.82) is 5.26 Å². The Hall–Kier alpha value is -1.81. The number of aromatic nitrogens is 2. The van der Waals surface area contributed by atoms with E-state index >= 15 is 0 Å². The third kappa shape index (κ3) is 3.13. The van der Waals surface area contributed by atoms with Crippen molar-refractivity contribution in [3.8, 4) is 27.8 Å². The highest BCUT2D eigenvalue weighted by molar-refractivity contribution is 8.00. The number of rotatable bonds is 4. The molecule has 0 N–H and O–H groups in total. The van der Waals surface area contributed by atoms with Gasteiger partial charge in [0.15, 0.2) is 5.16 Å². The molecule has 0 saturated heterocycles. The van der Waals surface area contributed by atoms with Crippen LogP contribution < -0.4 is 0 Å². The molecule has 2 aromatic heterocycles. The molecule has 114 valence electrons. The summed E-state index contributed by atoms with van der Waals surface area (Å²) in [6.07, 6.45) is 5.73. The maximum absolute atomic E-state index is 9.66. The molecule has 0 aliphatic heterocycles. The molecule has 0 bridgehead atoms. The number of hydrogen-bond donors (Lipinski definition) is 0. The fourth-order valence-corrected chi connectivity index (χ4v) is 4.55. The Morgan fingerprint density at radius 1 is 1.09 bits per heavy atom. The first-order valence-corrected chi connectivity index (χ1v) is 10.1. The molecule has 3 nitrogen and oxygen atoms in total. The minimum absolute atomic E-state index is 0.730. The van der Waals surface area contributed by atoms with Crippen molar-refractivity contribution in [3.63, 3.8) is 0 Å². The third-order valence-electron chi connectivity index (χ3n) is 3.28. The zero-order chi connectivity index (χ0) is 16.2. The van der Waals surface area contributed by atoms with E-state index in [1.54, 1.807) is 29.3 Å². The van der Waals surface area contributed by atoms with E-state index in [0.29, 0.717) is 0 Å². The zero-order valence-electron chi connectivity index (χ0n) is 12.6. The first-order chi connectivity index (χ1) is 11.3. The minimum Gasteiger partial charge on any atom is -0.231 e. The van der Waals surface area contributed by atoms with Crippen molar-refractivity contribution >= 4 is 34.9 Å². The topological polar surface area (TPSA) is 49.6 Å². The first kappa shape index (κ1) is 16.1. The van der Waals surface area contributed by atoms with Gasteiger partial charge >= 0.3 is 0 Å². The van der Waals surface area contributed by atoms with Crippen molar-refractivity contribution in [2.75, 3.05) is 12.5 Å². The van der Waals surface area contributed by atoms with Gasteiger partial charge in [0.05, 0.1) is 20.3 Å². The summed E-state index contributed by atoms with van der Waals surface area (Å²) in [5, 5.41) is 10.4. The van der Waals surface area contributed by atoms with Gasteiger partial charge in [0.1, 0.15) is 6.07 Å². The highest BCUT2D eigenvalue weighted by Gasteiger charge is 2.21. The van der Waals surface area contributed by atoms with Gasteiger partial charge in [-0.2, -0.15) is 5.26 Å². The van der Waals surface area contributed by atoms with Crippen molar-refractivity contribution in [1.82, 2.24) is 9.97 Å². The maximum atomic E-state index is 9.66. The van der Waals surface area contributed by atoms with Crippen molar-refractivity contribution < 1.29 is 0 Å². The summed E-state index contributed by atoms with van der Waals surface area (Å²) < 4.78 is 1.02. The van der Waals surface area contributed by atoms with Crippen LogP contribution in [-0.4, -0.2) is 22.5 Å². The van der Waals surface area contributed by atoms with E-state index < -0.39 is 0 Å². The van der Waals surface area contributed by atoms with Gasteiger partial charge in [0.25, 0.3) is 0 Å². The van der Waals surface area contributed by atoms with E-state index in [1.165, 1.54) is 11.8 Å². The Morgan fingerprint density at radius 2 is 1.87 bits per heavy atom. The van der Waals surface area contributed by atoms with Crippen LogP contribution in [0.4, 0.5) is 0 Å². The van der Waals surface area contributed by atoms with Crippen LogP contribution in [0.2, 0.25) is 0 Å². The monoisotopic (exact) mass is 355 g/mol. The summed E-state index contributed by atoms with van der Waals surface area (Å²) in [7, 11) is 0. The van der Waals surface area contributed by atoms with Crippen LogP contribution in [0.15, 0.2) is 52.0 Å². The lowest BCUT2D eigenvalue weighted by Crippen LogP contribution is -1.89. The second-order valence-electron chi connectivity index (χ2n) is 4.58. The summed E-state index contributed by atoms with van der Waals surface area (Å²) in [6.45, 7) is 0. The van der Waals surface area contributed by atoms with Gasteiger partial charge < -0.3 is 0 Å². The van der Waals surface area contributed by atoms with Crippen LogP contribution >= 0.6 is 34.9 Å². The molecule has 0 radical (unpaired) electrons. The summed E-state index contributed by atoms with van der Waals surface area (Å²) >= 11 is 4.73. The van der Waals surface area contributed by atoms with Gasteiger partial charge in [-0.25, -0.2) is 9.97 Å². The lowest BCUT2D eigenvalue weighted by molar-refractivity contribution is 0.978. The molecule has 1 aromatic carbocycles. The second kappa shape index (κ2) is 7.18. The maximum Gasteiger partial charge on any atom is 0.187 e. The van der Waals surface area contributed by atoms with Crippen molar-refractivity contribution in [2.45, 2.75) is 9.37 Å². The Morgan fingerprint density at radius 3 is 2.52 bits per heavy atom. The molecule has 0 saturated carbocycles. The first-order valence-electron chi connectivity index (χ1n) is 6.82. The zero-order valence-corrected chi connectivity index (χ0v) is 15.1. The third-order valence-corrected chi connectivity index (χ3v) is 6.18. The van der Waals surface area contributed by atoms with Gasteiger partial charge in [-0.1, -0.05) is 42.1 Å². The van der Waals surface area contributed by atoms with Crippen LogP contribution in [-0.2, 0) is 0 Å². The highest BCUT2D eigenvalue weighted by atomic mass is 32.2. The summed E-state index contributed by atoms with van der Waals surface area (Å²) in [4.78, 5) is 9.88. The van der Waals surface area contributed by atoms with Crippen LogP contribution in [0, 0.1) is 11.3 Å². The molecule has 6 heteroatoms. The van der Waals surface area contributed by atoms with Gasteiger partial charge in [0, 0.05) is 11.8 Å². The largest absolute Gasteiger partial charge is 0.231 e. The number of nitriles is 1. The molecule has 3 rings (SSSR count). The van der Waals surface area contributed by atoms with E-state index in [9.17, 15) is 5.26 Å². The van der Waals surface area contributed by atoms with Gasteiger partial charge in [0.2, 0.25) is 0 Å². The van der Waals surface area contributed by atoms with Gasteiger partial charge in [-0.05, 0) is 24.1 Å². The molecular formula is C17H13N3S3. The van der Waals surface area contributed by atoms with E-state index in [0.717, 1.165) is 36.6 Å². The van der Waals surface area contributed by atoms with Crippen LogP contribution in [0.1, 0.15) is 5.56 Å². The summed E-state index contributed by atoms with van der Waals surface area (Å²) in [5.74, 6) is 0. The molecule has 23 heavy (non-hydrogen) atoms. The molecule has 0 aliphatic rings. The summed E-state index contributed by atoms with van der Waals surface area (Å²) in [6, 6.07) is 14.3. The van der Waals surface area contributed by atoms with E-state index in [-0.39, 0.29) is 0 Å². The van der Waals surface area contributed by atoms with Crippen molar-refractivity contribution in [3.05, 3.63) is 48.2 Å².